The van der Waals surface area contributed by atoms with Gasteiger partial charge in [0.05, 0.1) is 28.7 Å². The lowest BCUT2D eigenvalue weighted by molar-refractivity contribution is 0.312. The van der Waals surface area contributed by atoms with Crippen LogP contribution in [-0.4, -0.2) is 52.7 Å². The average Bonchev–Trinajstić information content (AvgIpc) is 3.11. The van der Waals surface area contributed by atoms with E-state index in [0.29, 0.717) is 29.0 Å². The highest BCUT2D eigenvalue weighted by Crippen LogP contribution is 2.32. The van der Waals surface area contributed by atoms with E-state index in [4.69, 9.17) is 9.97 Å². The minimum absolute atomic E-state index is 0.221. The Bertz CT molecular complexity index is 1390. The number of para-hydroxylation sites is 1. The Labute approximate surface area is 172 Å². The summed E-state index contributed by atoms with van der Waals surface area (Å²) in [7, 11) is 2.06. The van der Waals surface area contributed by atoms with Crippen LogP contribution in [0.5, 0.6) is 0 Å². The predicted molar refractivity (Wildman–Crippen MR) is 116 cm³/mol. The number of anilines is 1. The van der Waals surface area contributed by atoms with Gasteiger partial charge in [-0.2, -0.15) is 0 Å². The fourth-order valence-electron chi connectivity index (χ4n) is 4.49. The number of hydrogen-bond donors (Lipinski definition) is 0. The van der Waals surface area contributed by atoms with Gasteiger partial charge in [-0.25, -0.2) is 14.4 Å². The smallest absolute Gasteiger partial charge is 0.262 e. The summed E-state index contributed by atoms with van der Waals surface area (Å²) in [5.41, 5.74) is 3.38. The molecule has 0 radical (unpaired) electrons. The largest absolute Gasteiger partial charge is 0.367 e. The fourth-order valence-corrected chi connectivity index (χ4v) is 4.49. The molecule has 0 saturated carbocycles. The SMILES string of the molecule is CN1CCN(c2cc3nc4n(c(=O)c3cc2F)Cc2cc3ccccc3nc2-4)CC1. The molecule has 0 spiro atoms. The Hall–Kier alpha value is -3.32. The number of piperazine rings is 1. The molecule has 0 unspecified atom stereocenters. The minimum atomic E-state index is -0.370. The molecule has 0 bridgehead atoms. The Morgan fingerprint density at radius 2 is 1.77 bits per heavy atom. The summed E-state index contributed by atoms with van der Waals surface area (Å²) in [5.74, 6) is 0.190. The van der Waals surface area contributed by atoms with Crippen molar-refractivity contribution in [1.29, 1.82) is 0 Å². The molecule has 0 atom stereocenters. The number of nitrogens with zero attached hydrogens (tertiary/aromatic N) is 5. The number of pyridine rings is 1. The van der Waals surface area contributed by atoms with E-state index in [0.717, 1.165) is 48.3 Å². The first-order valence-electron chi connectivity index (χ1n) is 10.1. The van der Waals surface area contributed by atoms with Gasteiger partial charge in [0.2, 0.25) is 0 Å². The van der Waals surface area contributed by atoms with E-state index < -0.39 is 0 Å². The lowest BCUT2D eigenvalue weighted by atomic mass is 10.1. The predicted octanol–water partition coefficient (Wildman–Crippen LogP) is 2.86. The fraction of sp³-hybridized carbons (Fsp3) is 0.261. The number of aromatic nitrogens is 3. The third-order valence-corrected chi connectivity index (χ3v) is 6.21. The molecule has 1 fully saturated rings. The molecule has 0 N–H and O–H groups in total. The van der Waals surface area contributed by atoms with Crippen LogP contribution in [0.2, 0.25) is 0 Å². The molecule has 2 aliphatic rings. The van der Waals surface area contributed by atoms with Gasteiger partial charge in [0.25, 0.3) is 5.56 Å². The first-order valence-corrected chi connectivity index (χ1v) is 10.1. The molecule has 30 heavy (non-hydrogen) atoms. The third-order valence-electron chi connectivity index (χ3n) is 6.21. The Balaban J connectivity index is 1.53. The zero-order valence-corrected chi connectivity index (χ0v) is 16.6. The van der Waals surface area contributed by atoms with Crippen LogP contribution in [0.4, 0.5) is 10.1 Å². The molecule has 2 aromatic heterocycles. The lowest BCUT2D eigenvalue weighted by Gasteiger charge is -2.34. The van der Waals surface area contributed by atoms with Crippen molar-refractivity contribution >= 4 is 27.5 Å². The van der Waals surface area contributed by atoms with Gasteiger partial charge in [0.15, 0.2) is 5.82 Å². The topological polar surface area (TPSA) is 54.3 Å². The van der Waals surface area contributed by atoms with E-state index in [1.54, 1.807) is 10.6 Å². The second-order valence-electron chi connectivity index (χ2n) is 8.13. The van der Waals surface area contributed by atoms with Crippen LogP contribution < -0.4 is 10.5 Å². The normalized spacial score (nSPS) is 16.3. The van der Waals surface area contributed by atoms with Crippen LogP contribution in [0, 0.1) is 5.82 Å². The molecule has 2 aliphatic heterocycles. The van der Waals surface area contributed by atoms with E-state index in [9.17, 15) is 9.18 Å². The second-order valence-corrected chi connectivity index (χ2v) is 8.13. The molecule has 1 saturated heterocycles. The highest BCUT2D eigenvalue weighted by Gasteiger charge is 2.26. The van der Waals surface area contributed by atoms with E-state index in [1.807, 2.05) is 29.2 Å². The van der Waals surface area contributed by atoms with E-state index >= 15 is 0 Å². The van der Waals surface area contributed by atoms with Crippen LogP contribution in [0.3, 0.4) is 0 Å². The highest BCUT2D eigenvalue weighted by molar-refractivity contribution is 5.87. The van der Waals surface area contributed by atoms with Crippen LogP contribution >= 0.6 is 0 Å². The van der Waals surface area contributed by atoms with Gasteiger partial charge in [-0.05, 0) is 31.3 Å². The molecule has 0 amide bonds. The number of fused-ring (bicyclic) bond motifs is 5. The van der Waals surface area contributed by atoms with Crippen LogP contribution in [0.15, 0.2) is 47.3 Å². The van der Waals surface area contributed by atoms with Gasteiger partial charge in [0.1, 0.15) is 11.5 Å². The number of likely N-dealkylation sites (N-methyl/N-ethyl adjacent to an activating group) is 1. The van der Waals surface area contributed by atoms with Crippen LogP contribution in [-0.2, 0) is 6.54 Å². The Morgan fingerprint density at radius 3 is 2.60 bits per heavy atom. The monoisotopic (exact) mass is 401 g/mol. The maximum absolute atomic E-state index is 14.9. The number of hydrogen-bond acceptors (Lipinski definition) is 5. The van der Waals surface area contributed by atoms with Gasteiger partial charge >= 0.3 is 0 Å². The first-order chi connectivity index (χ1) is 14.6. The van der Waals surface area contributed by atoms with Gasteiger partial charge in [-0.15, -0.1) is 0 Å². The first kappa shape index (κ1) is 17.5. The highest BCUT2D eigenvalue weighted by atomic mass is 19.1. The Morgan fingerprint density at radius 1 is 0.967 bits per heavy atom. The van der Waals surface area contributed by atoms with Crippen molar-refractivity contribution in [2.75, 3.05) is 38.1 Å². The molecular formula is C23H20FN5O. The second kappa shape index (κ2) is 6.34. The van der Waals surface area contributed by atoms with Crippen LogP contribution in [0.25, 0.3) is 33.3 Å². The van der Waals surface area contributed by atoms with Crippen molar-refractivity contribution in [1.82, 2.24) is 19.4 Å². The summed E-state index contributed by atoms with van der Waals surface area (Å²) in [6.45, 7) is 3.66. The molecule has 4 aromatic rings. The molecular weight excluding hydrogens is 381 g/mol. The van der Waals surface area contributed by atoms with Gasteiger partial charge in [-0.3, -0.25) is 9.36 Å². The van der Waals surface area contributed by atoms with Gasteiger partial charge in [0, 0.05) is 37.1 Å². The summed E-state index contributed by atoms with van der Waals surface area (Å²) >= 11 is 0. The standard InChI is InChI=1S/C23H20FN5O/c1-27-6-8-28(9-7-27)20-12-19-16(11-17(20)24)23(30)29-13-15-10-14-4-2-3-5-18(14)25-21(15)22(29)26-19/h2-5,10-12H,6-9,13H2,1H3. The number of rotatable bonds is 1. The zero-order valence-electron chi connectivity index (χ0n) is 16.6. The maximum Gasteiger partial charge on any atom is 0.262 e. The molecule has 7 heteroatoms. The van der Waals surface area contributed by atoms with Crippen molar-refractivity contribution in [2.45, 2.75) is 6.54 Å². The summed E-state index contributed by atoms with van der Waals surface area (Å²) in [6, 6.07) is 13.0. The molecule has 6 nitrogen and oxygen atoms in total. The quantitative estimate of drug-likeness (QED) is 0.432. The van der Waals surface area contributed by atoms with E-state index in [1.165, 1.54) is 6.07 Å². The zero-order chi connectivity index (χ0) is 20.4. The molecule has 6 rings (SSSR count). The van der Waals surface area contributed by atoms with Gasteiger partial charge < -0.3 is 9.80 Å². The van der Waals surface area contributed by atoms with Crippen molar-refractivity contribution in [3.8, 4) is 11.5 Å². The lowest BCUT2D eigenvalue weighted by Crippen LogP contribution is -2.44. The molecule has 0 aliphatic carbocycles. The van der Waals surface area contributed by atoms with Crippen LogP contribution in [0.1, 0.15) is 5.56 Å². The van der Waals surface area contributed by atoms with Crippen molar-refractivity contribution in [2.24, 2.45) is 0 Å². The average molecular weight is 401 g/mol. The Kier molecular flexibility index (Phi) is 3.70. The third kappa shape index (κ3) is 2.55. The van der Waals surface area contributed by atoms with Gasteiger partial charge in [-0.1, -0.05) is 18.2 Å². The summed E-state index contributed by atoms with van der Waals surface area (Å²) in [4.78, 5) is 27.0. The minimum Gasteiger partial charge on any atom is -0.367 e. The number of benzene rings is 2. The van der Waals surface area contributed by atoms with Crippen molar-refractivity contribution in [3.05, 3.63) is 64.2 Å². The summed E-state index contributed by atoms with van der Waals surface area (Å²) in [5, 5.41) is 1.34. The van der Waals surface area contributed by atoms with E-state index in [2.05, 4.69) is 18.0 Å². The molecule has 4 heterocycles. The maximum atomic E-state index is 14.9. The molecule has 2 aromatic carbocycles. The van der Waals surface area contributed by atoms with Crippen molar-refractivity contribution in [3.63, 3.8) is 0 Å². The van der Waals surface area contributed by atoms with E-state index in [-0.39, 0.29) is 11.4 Å². The summed E-state index contributed by atoms with van der Waals surface area (Å²) < 4.78 is 16.5. The number of halogens is 1. The summed E-state index contributed by atoms with van der Waals surface area (Å²) in [6.07, 6.45) is 0. The van der Waals surface area contributed by atoms with Crippen molar-refractivity contribution < 1.29 is 4.39 Å². The molecule has 150 valence electrons.